The van der Waals surface area contributed by atoms with E-state index in [0.717, 1.165) is 12.1 Å². The van der Waals surface area contributed by atoms with Gasteiger partial charge in [0.2, 0.25) is 6.17 Å². The fraction of sp³-hybridized carbons (Fsp3) is 0.556. The molecule has 1 aliphatic rings. The summed E-state index contributed by atoms with van der Waals surface area (Å²) in [5.74, 6) is -2.54. The Labute approximate surface area is 153 Å². The van der Waals surface area contributed by atoms with E-state index in [-0.39, 0.29) is 12.0 Å². The molecule has 1 aromatic rings. The van der Waals surface area contributed by atoms with Crippen molar-refractivity contribution in [1.82, 2.24) is 5.32 Å². The number of carboxylic acid groups (broad SMARTS) is 1. The van der Waals surface area contributed by atoms with Crippen molar-refractivity contribution in [3.8, 4) is 0 Å². The zero-order chi connectivity index (χ0) is 20.6. The highest BCUT2D eigenvalue weighted by Crippen LogP contribution is 2.51. The van der Waals surface area contributed by atoms with Crippen LogP contribution in [0.5, 0.6) is 0 Å². The van der Waals surface area contributed by atoms with Gasteiger partial charge in [0.1, 0.15) is 5.54 Å². The molecule has 1 fully saturated rings. The number of hydrogen-bond acceptors (Lipinski definition) is 3. The molecule has 2 N–H and O–H groups in total. The van der Waals surface area contributed by atoms with Gasteiger partial charge in [-0.2, -0.15) is 13.2 Å². The molecule has 3 atom stereocenters. The first-order chi connectivity index (χ1) is 12.4. The summed E-state index contributed by atoms with van der Waals surface area (Å²) >= 11 is 0. The Balaban J connectivity index is 2.18. The highest BCUT2D eigenvalue weighted by molar-refractivity contribution is 5.91. The van der Waals surface area contributed by atoms with E-state index in [9.17, 15) is 32.3 Å². The van der Waals surface area contributed by atoms with Gasteiger partial charge >= 0.3 is 12.1 Å². The number of rotatable bonds is 6. The number of aliphatic carboxylic acids is 1. The van der Waals surface area contributed by atoms with Crippen molar-refractivity contribution >= 4 is 11.9 Å². The minimum atomic E-state index is -4.58. The van der Waals surface area contributed by atoms with Crippen molar-refractivity contribution < 1.29 is 37.0 Å². The molecule has 1 aromatic carbocycles. The zero-order valence-electron chi connectivity index (χ0n) is 15.1. The molecule has 27 heavy (non-hydrogen) atoms. The molecule has 1 amide bonds. The molecular formula is C18H21F4NO4. The van der Waals surface area contributed by atoms with Crippen LogP contribution < -0.4 is 5.32 Å². The molecule has 3 unspecified atom stereocenters. The van der Waals surface area contributed by atoms with Gasteiger partial charge in [-0.05, 0) is 24.6 Å². The van der Waals surface area contributed by atoms with E-state index >= 15 is 0 Å². The first-order valence-electron chi connectivity index (χ1n) is 8.35. The Morgan fingerprint density at radius 2 is 1.85 bits per heavy atom. The lowest BCUT2D eigenvalue weighted by atomic mass is 9.54. The van der Waals surface area contributed by atoms with Crippen LogP contribution in [0.25, 0.3) is 0 Å². The highest BCUT2D eigenvalue weighted by atomic mass is 19.4. The summed E-state index contributed by atoms with van der Waals surface area (Å²) in [5.41, 5.74) is -3.98. The maximum Gasteiger partial charge on any atom is 0.416 e. The molecule has 2 rings (SSSR count). The normalized spacial score (nSPS) is 25.4. The lowest BCUT2D eigenvalue weighted by Gasteiger charge is -2.58. The summed E-state index contributed by atoms with van der Waals surface area (Å²) in [7, 11) is 0. The summed E-state index contributed by atoms with van der Waals surface area (Å²) in [4.78, 5) is 24.1. The van der Waals surface area contributed by atoms with Gasteiger partial charge in [-0.3, -0.25) is 4.79 Å². The minimum absolute atomic E-state index is 0.0331. The SMILES string of the molecule is CCOC1CC(NC(=O)C(F)c2ccc(C(F)(F)F)cc2)(C(=O)O)C1(C)C. The smallest absolute Gasteiger partial charge is 0.416 e. The second kappa shape index (κ2) is 7.10. The number of alkyl halides is 4. The van der Waals surface area contributed by atoms with E-state index < -0.39 is 46.8 Å². The van der Waals surface area contributed by atoms with E-state index in [1.54, 1.807) is 20.8 Å². The molecule has 9 heteroatoms. The van der Waals surface area contributed by atoms with Crippen molar-refractivity contribution in [1.29, 1.82) is 0 Å². The predicted molar refractivity (Wildman–Crippen MR) is 87.6 cm³/mol. The lowest BCUT2D eigenvalue weighted by molar-refractivity contribution is -0.195. The van der Waals surface area contributed by atoms with Crippen LogP contribution >= 0.6 is 0 Å². The van der Waals surface area contributed by atoms with E-state index in [2.05, 4.69) is 5.32 Å². The van der Waals surface area contributed by atoms with Crippen LogP contribution in [0.2, 0.25) is 0 Å². The van der Waals surface area contributed by atoms with Crippen molar-refractivity contribution in [2.45, 2.75) is 51.2 Å². The largest absolute Gasteiger partial charge is 0.479 e. The van der Waals surface area contributed by atoms with Gasteiger partial charge in [-0.15, -0.1) is 0 Å². The van der Waals surface area contributed by atoms with Gasteiger partial charge in [-0.25, -0.2) is 9.18 Å². The number of carboxylic acids is 1. The molecular weight excluding hydrogens is 370 g/mol. The summed E-state index contributed by atoms with van der Waals surface area (Å²) in [6, 6.07) is 3.05. The maximum absolute atomic E-state index is 14.5. The second-order valence-electron chi connectivity index (χ2n) is 7.05. The van der Waals surface area contributed by atoms with E-state index in [1.807, 2.05) is 0 Å². The Bertz CT molecular complexity index is 717. The predicted octanol–water partition coefficient (Wildman–Crippen LogP) is 3.49. The quantitative estimate of drug-likeness (QED) is 0.728. The van der Waals surface area contributed by atoms with Crippen molar-refractivity contribution in [2.75, 3.05) is 6.61 Å². The highest BCUT2D eigenvalue weighted by Gasteiger charge is 2.66. The zero-order valence-corrected chi connectivity index (χ0v) is 15.1. The second-order valence-corrected chi connectivity index (χ2v) is 7.05. The van der Waals surface area contributed by atoms with Gasteiger partial charge in [0.15, 0.2) is 0 Å². The number of amides is 1. The molecule has 1 saturated carbocycles. The first kappa shape index (κ1) is 21.1. The fourth-order valence-corrected chi connectivity index (χ4v) is 3.30. The van der Waals surface area contributed by atoms with E-state index in [4.69, 9.17) is 4.74 Å². The molecule has 0 aromatic heterocycles. The Morgan fingerprint density at radius 3 is 2.26 bits per heavy atom. The molecule has 0 saturated heterocycles. The number of nitrogens with one attached hydrogen (secondary N) is 1. The van der Waals surface area contributed by atoms with Crippen LogP contribution in [0.4, 0.5) is 17.6 Å². The van der Waals surface area contributed by atoms with Gasteiger partial charge in [0.25, 0.3) is 5.91 Å². The molecule has 1 aliphatic carbocycles. The number of hydrogen-bond donors (Lipinski definition) is 2. The third kappa shape index (κ3) is 3.65. The van der Waals surface area contributed by atoms with Crippen LogP contribution in [0, 0.1) is 5.41 Å². The van der Waals surface area contributed by atoms with Gasteiger partial charge in [0, 0.05) is 18.4 Å². The van der Waals surface area contributed by atoms with Crippen LogP contribution in [0.3, 0.4) is 0 Å². The Kier molecular flexibility index (Phi) is 5.56. The summed E-state index contributed by atoms with van der Waals surface area (Å²) in [6.07, 6.45) is -7.34. The fourth-order valence-electron chi connectivity index (χ4n) is 3.30. The topological polar surface area (TPSA) is 75.6 Å². The molecule has 0 spiro atoms. The maximum atomic E-state index is 14.5. The van der Waals surface area contributed by atoms with E-state index in [1.165, 1.54) is 0 Å². The van der Waals surface area contributed by atoms with Crippen molar-refractivity contribution in [3.05, 3.63) is 35.4 Å². The Morgan fingerprint density at radius 1 is 1.30 bits per heavy atom. The standard InChI is InChI=1S/C18H21F4NO4/c1-4-27-12-9-17(15(25)26,16(12,2)3)23-14(24)13(19)10-5-7-11(8-6-10)18(20,21)22/h5-8,12-13H,4,9H2,1-3H3,(H,23,24)(H,25,26). The van der Waals surface area contributed by atoms with Crippen LogP contribution in [-0.4, -0.2) is 35.2 Å². The minimum Gasteiger partial charge on any atom is -0.479 e. The molecule has 0 bridgehead atoms. The average molecular weight is 391 g/mol. The van der Waals surface area contributed by atoms with Crippen molar-refractivity contribution in [2.24, 2.45) is 5.41 Å². The number of carbonyl (C=O) groups excluding carboxylic acids is 1. The summed E-state index contributed by atoms with van der Waals surface area (Å²) in [6.45, 7) is 5.29. The van der Waals surface area contributed by atoms with Crippen LogP contribution in [0.15, 0.2) is 24.3 Å². The molecule has 0 heterocycles. The number of carbonyl (C=O) groups is 2. The lowest BCUT2D eigenvalue weighted by Crippen LogP contribution is -2.76. The van der Waals surface area contributed by atoms with Gasteiger partial charge < -0.3 is 15.2 Å². The molecule has 5 nitrogen and oxygen atoms in total. The third-order valence-corrected chi connectivity index (χ3v) is 5.23. The average Bonchev–Trinajstić information content (AvgIpc) is 2.58. The first-order valence-corrected chi connectivity index (χ1v) is 8.35. The summed E-state index contributed by atoms with van der Waals surface area (Å²) in [5, 5.41) is 11.9. The number of benzene rings is 1. The molecule has 150 valence electrons. The van der Waals surface area contributed by atoms with Crippen LogP contribution in [0.1, 0.15) is 44.5 Å². The monoisotopic (exact) mass is 391 g/mol. The van der Waals surface area contributed by atoms with E-state index in [0.29, 0.717) is 18.7 Å². The molecule has 0 aliphatic heterocycles. The Hall–Kier alpha value is -2.16. The number of halogens is 4. The summed E-state index contributed by atoms with van der Waals surface area (Å²) < 4.78 is 57.7. The van der Waals surface area contributed by atoms with Crippen LogP contribution in [-0.2, 0) is 20.5 Å². The molecule has 0 radical (unpaired) electrons. The van der Waals surface area contributed by atoms with Gasteiger partial charge in [-0.1, -0.05) is 26.0 Å². The van der Waals surface area contributed by atoms with Crippen molar-refractivity contribution in [3.63, 3.8) is 0 Å². The number of ether oxygens (including phenoxy) is 1. The van der Waals surface area contributed by atoms with Gasteiger partial charge in [0.05, 0.1) is 11.7 Å². The third-order valence-electron chi connectivity index (χ3n) is 5.23.